The van der Waals surface area contributed by atoms with Gasteiger partial charge in [0.1, 0.15) is 6.10 Å². The van der Waals surface area contributed by atoms with E-state index in [4.69, 9.17) is 9.26 Å². The molecule has 0 aromatic carbocycles. The zero-order valence-electron chi connectivity index (χ0n) is 12.8. The summed E-state index contributed by atoms with van der Waals surface area (Å²) in [6.45, 7) is 11.0. The SMILES string of the molecule is CCCNC(C)c1nc(C2CN(CCC)CCO2)no1. The van der Waals surface area contributed by atoms with Crippen LogP contribution in [0, 0.1) is 0 Å². The minimum absolute atomic E-state index is 0.0637. The van der Waals surface area contributed by atoms with Crippen LogP contribution in [-0.4, -0.2) is 47.8 Å². The van der Waals surface area contributed by atoms with Crippen LogP contribution in [0.15, 0.2) is 4.52 Å². The van der Waals surface area contributed by atoms with Crippen LogP contribution in [0.4, 0.5) is 0 Å². The Labute approximate surface area is 120 Å². The molecule has 6 nitrogen and oxygen atoms in total. The largest absolute Gasteiger partial charge is 0.367 e. The molecule has 1 fully saturated rings. The van der Waals surface area contributed by atoms with Crippen molar-refractivity contribution in [2.75, 3.05) is 32.8 Å². The fourth-order valence-corrected chi connectivity index (χ4v) is 2.38. The molecule has 0 bridgehead atoms. The molecule has 2 rings (SSSR count). The highest BCUT2D eigenvalue weighted by molar-refractivity contribution is 4.96. The van der Waals surface area contributed by atoms with E-state index >= 15 is 0 Å². The summed E-state index contributed by atoms with van der Waals surface area (Å²) in [6, 6.07) is 0.0894. The second-order valence-corrected chi connectivity index (χ2v) is 5.33. The minimum atomic E-state index is -0.0637. The Morgan fingerprint density at radius 2 is 2.25 bits per heavy atom. The van der Waals surface area contributed by atoms with Gasteiger partial charge in [-0.2, -0.15) is 4.98 Å². The van der Waals surface area contributed by atoms with Gasteiger partial charge in [-0.3, -0.25) is 4.90 Å². The second kappa shape index (κ2) is 7.71. The predicted octanol–water partition coefficient (Wildman–Crippen LogP) is 1.91. The van der Waals surface area contributed by atoms with Crippen LogP contribution in [0.5, 0.6) is 0 Å². The Morgan fingerprint density at radius 3 is 3.00 bits per heavy atom. The van der Waals surface area contributed by atoms with E-state index < -0.39 is 0 Å². The summed E-state index contributed by atoms with van der Waals surface area (Å²) in [6.07, 6.45) is 2.18. The first-order valence-corrected chi connectivity index (χ1v) is 7.65. The molecule has 2 heterocycles. The van der Waals surface area contributed by atoms with E-state index in [1.54, 1.807) is 0 Å². The number of aromatic nitrogens is 2. The molecule has 2 unspecified atom stereocenters. The maximum atomic E-state index is 5.77. The van der Waals surface area contributed by atoms with Gasteiger partial charge in [0, 0.05) is 13.1 Å². The second-order valence-electron chi connectivity index (χ2n) is 5.33. The smallest absolute Gasteiger partial charge is 0.243 e. The molecular weight excluding hydrogens is 256 g/mol. The highest BCUT2D eigenvalue weighted by atomic mass is 16.5. The lowest BCUT2D eigenvalue weighted by Crippen LogP contribution is -2.39. The maximum absolute atomic E-state index is 5.77. The lowest BCUT2D eigenvalue weighted by molar-refractivity contribution is -0.0350. The van der Waals surface area contributed by atoms with Crippen LogP contribution in [0.3, 0.4) is 0 Å². The first-order valence-electron chi connectivity index (χ1n) is 7.65. The summed E-state index contributed by atoms with van der Waals surface area (Å²) in [5.41, 5.74) is 0. The highest BCUT2D eigenvalue weighted by Crippen LogP contribution is 2.21. The van der Waals surface area contributed by atoms with Gasteiger partial charge in [0.15, 0.2) is 0 Å². The van der Waals surface area contributed by atoms with Crippen LogP contribution < -0.4 is 5.32 Å². The van der Waals surface area contributed by atoms with E-state index in [0.717, 1.165) is 45.6 Å². The van der Waals surface area contributed by atoms with Crippen molar-refractivity contribution in [3.05, 3.63) is 11.7 Å². The van der Waals surface area contributed by atoms with Gasteiger partial charge in [-0.1, -0.05) is 19.0 Å². The zero-order chi connectivity index (χ0) is 14.4. The molecule has 1 aromatic rings. The maximum Gasteiger partial charge on any atom is 0.243 e. The molecule has 6 heteroatoms. The van der Waals surface area contributed by atoms with Crippen LogP contribution >= 0.6 is 0 Å². The summed E-state index contributed by atoms with van der Waals surface area (Å²) < 4.78 is 11.1. The molecule has 1 N–H and O–H groups in total. The van der Waals surface area contributed by atoms with Crippen molar-refractivity contribution in [2.45, 2.75) is 45.8 Å². The number of nitrogens with one attached hydrogen (secondary N) is 1. The van der Waals surface area contributed by atoms with E-state index in [0.29, 0.717) is 11.7 Å². The van der Waals surface area contributed by atoms with E-state index in [-0.39, 0.29) is 12.1 Å². The Balaban J connectivity index is 1.93. The van der Waals surface area contributed by atoms with Gasteiger partial charge in [0.2, 0.25) is 11.7 Å². The Kier molecular flexibility index (Phi) is 5.94. The van der Waals surface area contributed by atoms with Crippen molar-refractivity contribution in [2.24, 2.45) is 0 Å². The van der Waals surface area contributed by atoms with Gasteiger partial charge in [-0.05, 0) is 32.9 Å². The Bertz CT molecular complexity index is 394. The topological polar surface area (TPSA) is 63.4 Å². The van der Waals surface area contributed by atoms with Crippen molar-refractivity contribution >= 4 is 0 Å². The Hall–Kier alpha value is -0.980. The third kappa shape index (κ3) is 4.01. The van der Waals surface area contributed by atoms with E-state index in [9.17, 15) is 0 Å². The predicted molar refractivity (Wildman–Crippen MR) is 76.4 cm³/mol. The lowest BCUT2D eigenvalue weighted by atomic mass is 10.2. The van der Waals surface area contributed by atoms with E-state index in [1.165, 1.54) is 0 Å². The van der Waals surface area contributed by atoms with Gasteiger partial charge < -0.3 is 14.6 Å². The summed E-state index contributed by atoms with van der Waals surface area (Å²) in [4.78, 5) is 6.88. The average molecular weight is 282 g/mol. The number of hydrogen-bond acceptors (Lipinski definition) is 6. The molecule has 0 radical (unpaired) electrons. The van der Waals surface area contributed by atoms with Crippen LogP contribution in [0.25, 0.3) is 0 Å². The van der Waals surface area contributed by atoms with Crippen molar-refractivity contribution in [3.63, 3.8) is 0 Å². The monoisotopic (exact) mass is 282 g/mol. The molecule has 2 atom stereocenters. The van der Waals surface area contributed by atoms with Gasteiger partial charge in [0.25, 0.3) is 0 Å². The number of morpholine rings is 1. The number of ether oxygens (including phenoxy) is 1. The van der Waals surface area contributed by atoms with Crippen LogP contribution in [0.2, 0.25) is 0 Å². The van der Waals surface area contributed by atoms with Crippen LogP contribution in [-0.2, 0) is 4.74 Å². The third-order valence-electron chi connectivity index (χ3n) is 3.51. The van der Waals surface area contributed by atoms with Gasteiger partial charge in [-0.25, -0.2) is 0 Å². The summed E-state index contributed by atoms with van der Waals surface area (Å²) in [5, 5.41) is 7.43. The standard InChI is InChI=1S/C14H26N4O2/c1-4-6-15-11(3)14-16-13(17-20-14)12-10-18(7-5-2)8-9-19-12/h11-12,15H,4-10H2,1-3H3. The average Bonchev–Trinajstić information content (AvgIpc) is 2.95. The molecule has 0 spiro atoms. The fourth-order valence-electron chi connectivity index (χ4n) is 2.38. The number of hydrogen-bond donors (Lipinski definition) is 1. The molecule has 1 aliphatic heterocycles. The quantitative estimate of drug-likeness (QED) is 0.824. The minimum Gasteiger partial charge on any atom is -0.367 e. The van der Waals surface area contributed by atoms with Crippen molar-refractivity contribution in [3.8, 4) is 0 Å². The van der Waals surface area contributed by atoms with Gasteiger partial charge in [0.05, 0.1) is 12.6 Å². The molecule has 1 aromatic heterocycles. The fraction of sp³-hybridized carbons (Fsp3) is 0.857. The van der Waals surface area contributed by atoms with Gasteiger partial charge in [-0.15, -0.1) is 0 Å². The molecule has 0 amide bonds. The number of nitrogens with zero attached hydrogens (tertiary/aromatic N) is 3. The van der Waals surface area contributed by atoms with Crippen molar-refractivity contribution < 1.29 is 9.26 Å². The molecule has 114 valence electrons. The third-order valence-corrected chi connectivity index (χ3v) is 3.51. The summed E-state index contributed by atoms with van der Waals surface area (Å²) in [7, 11) is 0. The summed E-state index contributed by atoms with van der Waals surface area (Å²) in [5.74, 6) is 1.32. The highest BCUT2D eigenvalue weighted by Gasteiger charge is 2.26. The molecule has 0 aliphatic carbocycles. The van der Waals surface area contributed by atoms with E-state index in [1.807, 2.05) is 6.92 Å². The first kappa shape index (κ1) is 15.4. The first-order chi connectivity index (χ1) is 9.74. The lowest BCUT2D eigenvalue weighted by Gasteiger charge is -2.30. The number of rotatable bonds is 7. The molecule has 0 saturated carbocycles. The molecular formula is C14H26N4O2. The van der Waals surface area contributed by atoms with Crippen molar-refractivity contribution in [1.82, 2.24) is 20.4 Å². The zero-order valence-corrected chi connectivity index (χ0v) is 12.8. The Morgan fingerprint density at radius 1 is 1.40 bits per heavy atom. The summed E-state index contributed by atoms with van der Waals surface area (Å²) >= 11 is 0. The van der Waals surface area contributed by atoms with Crippen molar-refractivity contribution in [1.29, 1.82) is 0 Å². The van der Waals surface area contributed by atoms with Crippen LogP contribution in [0.1, 0.15) is 57.5 Å². The molecule has 1 aliphatic rings. The van der Waals surface area contributed by atoms with Gasteiger partial charge >= 0.3 is 0 Å². The normalized spacial score (nSPS) is 22.1. The molecule has 20 heavy (non-hydrogen) atoms. The molecule has 1 saturated heterocycles. The van der Waals surface area contributed by atoms with E-state index in [2.05, 4.69) is 34.2 Å².